The van der Waals surface area contributed by atoms with E-state index in [0.717, 1.165) is 0 Å². The second-order valence-corrected chi connectivity index (χ2v) is 3.40. The molecule has 0 fully saturated rings. The zero-order chi connectivity index (χ0) is 12.6. The largest absolute Gasteiger partial charge is 0.805 e. The molecule has 0 aliphatic carbocycles. The molecule has 0 radical (unpaired) electrons. The summed E-state index contributed by atoms with van der Waals surface area (Å²) < 4.78 is 0.599. The van der Waals surface area contributed by atoms with Gasteiger partial charge in [0.1, 0.15) is 11.2 Å². The van der Waals surface area contributed by atoms with Gasteiger partial charge in [0.2, 0.25) is 0 Å². The number of aliphatic hydroxyl groups is 1. The van der Waals surface area contributed by atoms with Gasteiger partial charge in [-0.15, -0.1) is 0 Å². The molecule has 1 aromatic heterocycles. The third-order valence-corrected chi connectivity index (χ3v) is 2.42. The molecule has 0 aliphatic heterocycles. The third kappa shape index (κ3) is 1.53. The Hall–Kier alpha value is -2.41. The summed E-state index contributed by atoms with van der Waals surface area (Å²) in [4.78, 5) is 23.0. The lowest BCUT2D eigenvalue weighted by Gasteiger charge is -2.16. The molecule has 2 aromatic rings. The second kappa shape index (κ2) is 3.87. The molecule has 1 aromatic carbocycles. The number of benzene rings is 1. The third-order valence-electron chi connectivity index (χ3n) is 2.42. The van der Waals surface area contributed by atoms with E-state index in [1.165, 1.54) is 12.1 Å². The number of carbonyl (C=O) groups excluding carboxylic acids is 1. The standard InChI is InChI=1S/C10H9N3O4/c11-10(15)9-8(5-14)12(16)6-3-1-2-4-7(6)13(9)17/h1-4,14H,5H2,(H2,11,15). The minimum Gasteiger partial charge on any atom is -0.805 e. The molecule has 1 heterocycles. The van der Waals surface area contributed by atoms with Crippen molar-refractivity contribution >= 4 is 16.9 Å². The maximum atomic E-state index is 11.9. The number of nitrogens with two attached hydrogens (primary N) is 1. The summed E-state index contributed by atoms with van der Waals surface area (Å²) in [5.74, 6) is -1.06. The smallest absolute Gasteiger partial charge is 0.348 e. The Morgan fingerprint density at radius 1 is 1.47 bits per heavy atom. The maximum Gasteiger partial charge on any atom is 0.348 e. The van der Waals surface area contributed by atoms with E-state index in [2.05, 4.69) is 0 Å². The molecule has 0 atom stereocenters. The zero-order valence-electron chi connectivity index (χ0n) is 8.66. The number of aromatic nitrogens is 2. The summed E-state index contributed by atoms with van der Waals surface area (Å²) in [6.07, 6.45) is 0. The van der Waals surface area contributed by atoms with Crippen molar-refractivity contribution in [3.63, 3.8) is 0 Å². The number of hydrogen-bond donors (Lipinski definition) is 2. The first-order chi connectivity index (χ1) is 8.07. The first kappa shape index (κ1) is 11.1. The van der Waals surface area contributed by atoms with E-state index >= 15 is 0 Å². The molecule has 0 bridgehead atoms. The Bertz CT molecular complexity index is 662. The van der Waals surface area contributed by atoms with Gasteiger partial charge in [-0.2, -0.15) is 0 Å². The molecule has 7 heteroatoms. The average Bonchev–Trinajstić information content (AvgIpc) is 2.33. The minimum absolute atomic E-state index is 0.0218. The van der Waals surface area contributed by atoms with E-state index in [9.17, 15) is 14.9 Å². The lowest BCUT2D eigenvalue weighted by molar-refractivity contribution is -0.468. The van der Waals surface area contributed by atoms with E-state index in [1.807, 2.05) is 0 Å². The van der Waals surface area contributed by atoms with Crippen molar-refractivity contribution in [2.24, 2.45) is 5.73 Å². The molecule has 0 aliphatic rings. The fraction of sp³-hybridized carbons (Fsp3) is 0.100. The van der Waals surface area contributed by atoms with Crippen LogP contribution in [-0.4, -0.2) is 15.7 Å². The molecular formula is C10H9N3O4. The van der Waals surface area contributed by atoms with E-state index in [4.69, 9.17) is 10.8 Å². The summed E-state index contributed by atoms with van der Waals surface area (Å²) in [7, 11) is 0. The van der Waals surface area contributed by atoms with Crippen molar-refractivity contribution in [2.45, 2.75) is 6.61 Å². The number of para-hydroxylation sites is 2. The van der Waals surface area contributed by atoms with E-state index in [1.54, 1.807) is 12.1 Å². The number of aliphatic hydroxyl groups excluding tert-OH is 1. The first-order valence-electron chi connectivity index (χ1n) is 4.75. The first-order valence-corrected chi connectivity index (χ1v) is 4.75. The Morgan fingerprint density at radius 2 is 2.12 bits per heavy atom. The van der Waals surface area contributed by atoms with E-state index in [0.29, 0.717) is 4.73 Å². The Labute approximate surface area is 94.9 Å². The summed E-state index contributed by atoms with van der Waals surface area (Å²) >= 11 is 0. The van der Waals surface area contributed by atoms with E-state index < -0.39 is 18.2 Å². The predicted octanol–water partition coefficient (Wildman–Crippen LogP) is -0.507. The molecule has 88 valence electrons. The summed E-state index contributed by atoms with van der Waals surface area (Å²) in [6.45, 7) is -0.741. The Balaban J connectivity index is 3.05. The van der Waals surface area contributed by atoms with Crippen molar-refractivity contribution in [1.82, 2.24) is 4.73 Å². The Kier molecular flexibility index (Phi) is 2.52. The van der Waals surface area contributed by atoms with Gasteiger partial charge in [0.15, 0.2) is 0 Å². The van der Waals surface area contributed by atoms with Crippen LogP contribution < -0.4 is 10.2 Å². The SMILES string of the molecule is NC(=O)c1c(CO)n([O-])c2ccccc2[n+]1=O. The summed E-state index contributed by atoms with van der Waals surface area (Å²) in [5.41, 5.74) is 4.22. The minimum atomic E-state index is -1.06. The monoisotopic (exact) mass is 235 g/mol. The molecular weight excluding hydrogens is 226 g/mol. The van der Waals surface area contributed by atoms with Crippen molar-refractivity contribution in [3.8, 4) is 0 Å². The topological polar surface area (TPSA) is 114 Å². The van der Waals surface area contributed by atoms with Crippen LogP contribution in [0.15, 0.2) is 24.3 Å². The highest BCUT2D eigenvalue weighted by atomic mass is 16.5. The highest BCUT2D eigenvalue weighted by molar-refractivity contribution is 5.91. The van der Waals surface area contributed by atoms with Gasteiger partial charge in [0.05, 0.1) is 11.0 Å². The van der Waals surface area contributed by atoms with Crippen LogP contribution in [0, 0.1) is 10.1 Å². The van der Waals surface area contributed by atoms with Gasteiger partial charge in [-0.25, -0.2) is 0 Å². The number of primary amides is 1. The van der Waals surface area contributed by atoms with E-state index in [-0.39, 0.29) is 21.2 Å². The molecule has 2 rings (SSSR count). The summed E-state index contributed by atoms with van der Waals surface area (Å²) in [6, 6.07) is 5.94. The van der Waals surface area contributed by atoms with Crippen molar-refractivity contribution in [2.75, 3.05) is 0 Å². The number of carbonyl (C=O) groups is 1. The number of hydrogen-bond acceptors (Lipinski definition) is 4. The zero-order valence-corrected chi connectivity index (χ0v) is 8.66. The van der Waals surface area contributed by atoms with Gasteiger partial charge >= 0.3 is 11.6 Å². The van der Waals surface area contributed by atoms with Crippen molar-refractivity contribution in [1.29, 1.82) is 0 Å². The van der Waals surface area contributed by atoms with Crippen LogP contribution in [0.2, 0.25) is 0 Å². The van der Waals surface area contributed by atoms with Crippen LogP contribution in [0.4, 0.5) is 0 Å². The van der Waals surface area contributed by atoms with Crippen LogP contribution in [0.1, 0.15) is 16.2 Å². The van der Waals surface area contributed by atoms with Crippen LogP contribution >= 0.6 is 0 Å². The van der Waals surface area contributed by atoms with Crippen molar-refractivity contribution in [3.05, 3.63) is 45.8 Å². The van der Waals surface area contributed by atoms with Crippen molar-refractivity contribution < 1.29 is 14.3 Å². The normalized spacial score (nSPS) is 10.6. The molecule has 3 N–H and O–H groups in total. The molecule has 0 saturated carbocycles. The van der Waals surface area contributed by atoms with Gasteiger partial charge in [-0.3, -0.25) is 4.79 Å². The van der Waals surface area contributed by atoms with Gasteiger partial charge < -0.3 is 20.8 Å². The highest BCUT2D eigenvalue weighted by Crippen LogP contribution is 2.13. The second-order valence-electron chi connectivity index (χ2n) is 3.40. The van der Waals surface area contributed by atoms with Gasteiger partial charge in [-0.1, -0.05) is 12.1 Å². The molecule has 1 amide bonds. The van der Waals surface area contributed by atoms with Crippen LogP contribution in [0.5, 0.6) is 0 Å². The number of amides is 1. The van der Waals surface area contributed by atoms with Crippen LogP contribution in [0.25, 0.3) is 11.0 Å². The summed E-state index contributed by atoms with van der Waals surface area (Å²) in [5, 5.41) is 20.9. The Morgan fingerprint density at radius 3 is 2.71 bits per heavy atom. The fourth-order valence-electron chi connectivity index (χ4n) is 1.67. The predicted molar refractivity (Wildman–Crippen MR) is 58.5 cm³/mol. The molecule has 0 spiro atoms. The molecule has 17 heavy (non-hydrogen) atoms. The molecule has 0 unspecified atom stereocenters. The van der Waals surface area contributed by atoms with Crippen LogP contribution in [-0.2, 0) is 6.61 Å². The highest BCUT2D eigenvalue weighted by Gasteiger charge is 2.26. The number of nitrogens with zero attached hydrogens (tertiary/aromatic N) is 2. The molecule has 7 nitrogen and oxygen atoms in total. The van der Waals surface area contributed by atoms with Gasteiger partial charge in [-0.05, 0) is 6.07 Å². The molecule has 0 saturated heterocycles. The lowest BCUT2D eigenvalue weighted by Crippen LogP contribution is -2.34. The van der Waals surface area contributed by atoms with Crippen LogP contribution in [0.3, 0.4) is 0 Å². The fourth-order valence-corrected chi connectivity index (χ4v) is 1.67. The van der Waals surface area contributed by atoms with Gasteiger partial charge in [0.25, 0.3) is 5.52 Å². The number of fused-ring (bicyclic) bond motifs is 1. The lowest BCUT2D eigenvalue weighted by atomic mass is 10.2. The maximum absolute atomic E-state index is 11.9. The number of rotatable bonds is 2. The van der Waals surface area contributed by atoms with Gasteiger partial charge in [0, 0.05) is 11.0 Å². The average molecular weight is 235 g/mol. The quantitative estimate of drug-likeness (QED) is 0.682.